The highest BCUT2D eigenvalue weighted by Crippen LogP contribution is 2.48. The summed E-state index contributed by atoms with van der Waals surface area (Å²) in [6, 6.07) is 0.183. The lowest BCUT2D eigenvalue weighted by molar-refractivity contribution is 0.174. The molecule has 2 aliphatic rings. The summed E-state index contributed by atoms with van der Waals surface area (Å²) in [4.78, 5) is 15.5. The van der Waals surface area contributed by atoms with Gasteiger partial charge in [0.2, 0.25) is 0 Å². The molecule has 0 aromatic carbocycles. The van der Waals surface area contributed by atoms with E-state index in [1.165, 1.54) is 12.8 Å². The smallest absolute Gasteiger partial charge is 0.319 e. The van der Waals surface area contributed by atoms with Crippen molar-refractivity contribution in [2.45, 2.75) is 26.7 Å². The highest BCUT2D eigenvalue weighted by Gasteiger charge is 2.45. The zero-order valence-electron chi connectivity index (χ0n) is 10.3. The summed E-state index contributed by atoms with van der Waals surface area (Å²) in [5.74, 6) is 1.51. The molecule has 2 rings (SSSR count). The van der Waals surface area contributed by atoms with Crippen LogP contribution in [0.5, 0.6) is 0 Å². The molecule has 0 aromatic heterocycles. The Labute approximate surface area is 92.4 Å². The minimum absolute atomic E-state index is 0.183. The Kier molecular flexibility index (Phi) is 2.44. The maximum Gasteiger partial charge on any atom is 0.319 e. The van der Waals surface area contributed by atoms with Crippen LogP contribution in [0, 0.1) is 17.3 Å². The van der Waals surface area contributed by atoms with Gasteiger partial charge >= 0.3 is 6.03 Å². The van der Waals surface area contributed by atoms with E-state index in [0.29, 0.717) is 5.41 Å². The third-order valence-corrected chi connectivity index (χ3v) is 3.86. The number of likely N-dealkylation sites (tertiary alicyclic amines) is 1. The Morgan fingerprint density at radius 2 is 1.67 bits per heavy atom. The highest BCUT2D eigenvalue weighted by atomic mass is 16.2. The van der Waals surface area contributed by atoms with E-state index in [4.69, 9.17) is 0 Å². The zero-order chi connectivity index (χ0) is 11.2. The fourth-order valence-corrected chi connectivity index (χ4v) is 3.34. The first kappa shape index (κ1) is 10.8. The van der Waals surface area contributed by atoms with Gasteiger partial charge < -0.3 is 9.80 Å². The van der Waals surface area contributed by atoms with Gasteiger partial charge in [-0.05, 0) is 30.1 Å². The molecule has 15 heavy (non-hydrogen) atoms. The van der Waals surface area contributed by atoms with Gasteiger partial charge in [-0.3, -0.25) is 0 Å². The first-order valence-corrected chi connectivity index (χ1v) is 5.85. The summed E-state index contributed by atoms with van der Waals surface area (Å²) in [6.45, 7) is 6.66. The molecule has 2 fully saturated rings. The molecule has 0 radical (unpaired) electrons. The average Bonchev–Trinajstić information content (AvgIpc) is 2.55. The van der Waals surface area contributed by atoms with Crippen molar-refractivity contribution in [3.8, 4) is 0 Å². The SMILES string of the molecule is CN(C)C(=O)N1C[C@@H]2CC(C)(C)C[C@@H]2C1. The molecule has 3 heteroatoms. The minimum atomic E-state index is 0.183. The highest BCUT2D eigenvalue weighted by molar-refractivity contribution is 5.74. The summed E-state index contributed by atoms with van der Waals surface area (Å²) < 4.78 is 0. The number of nitrogens with zero attached hydrogens (tertiary/aromatic N) is 2. The van der Waals surface area contributed by atoms with Gasteiger partial charge in [-0.15, -0.1) is 0 Å². The molecular formula is C12H22N2O. The van der Waals surface area contributed by atoms with E-state index in [1.807, 2.05) is 19.0 Å². The third-order valence-electron chi connectivity index (χ3n) is 3.86. The molecule has 1 saturated heterocycles. The lowest BCUT2D eigenvalue weighted by atomic mass is 9.90. The van der Waals surface area contributed by atoms with Crippen LogP contribution in [-0.4, -0.2) is 43.0 Å². The topological polar surface area (TPSA) is 23.6 Å². The fraction of sp³-hybridized carbons (Fsp3) is 0.917. The number of fused-ring (bicyclic) bond motifs is 1. The van der Waals surface area contributed by atoms with E-state index < -0.39 is 0 Å². The molecule has 1 saturated carbocycles. The predicted molar refractivity (Wildman–Crippen MR) is 60.7 cm³/mol. The summed E-state index contributed by atoms with van der Waals surface area (Å²) in [6.07, 6.45) is 2.57. The molecule has 0 aromatic rings. The molecule has 1 aliphatic heterocycles. The maximum absolute atomic E-state index is 11.8. The number of carbonyl (C=O) groups excluding carboxylic acids is 1. The molecule has 0 spiro atoms. The molecule has 2 atom stereocenters. The van der Waals surface area contributed by atoms with Gasteiger partial charge in [0.15, 0.2) is 0 Å². The van der Waals surface area contributed by atoms with Gasteiger partial charge in [-0.2, -0.15) is 0 Å². The van der Waals surface area contributed by atoms with Crippen LogP contribution in [0.2, 0.25) is 0 Å². The first-order chi connectivity index (χ1) is 6.89. The summed E-state index contributed by atoms with van der Waals surface area (Å²) >= 11 is 0. The second-order valence-electron chi connectivity index (χ2n) is 6.17. The number of urea groups is 1. The standard InChI is InChI=1S/C12H22N2O/c1-12(2)5-9-7-14(8-10(9)6-12)11(15)13(3)4/h9-10H,5-8H2,1-4H3/t9-,10+. The van der Waals surface area contributed by atoms with Crippen LogP contribution < -0.4 is 0 Å². The second-order valence-corrected chi connectivity index (χ2v) is 6.17. The van der Waals surface area contributed by atoms with E-state index in [1.54, 1.807) is 4.90 Å². The van der Waals surface area contributed by atoms with Crippen molar-refractivity contribution < 1.29 is 4.79 Å². The Hall–Kier alpha value is -0.730. The lowest BCUT2D eigenvalue weighted by Gasteiger charge is -2.25. The predicted octanol–water partition coefficient (Wildman–Crippen LogP) is 2.04. The monoisotopic (exact) mass is 210 g/mol. The maximum atomic E-state index is 11.8. The number of hydrogen-bond acceptors (Lipinski definition) is 1. The Balaban J connectivity index is 1.97. The number of hydrogen-bond donors (Lipinski definition) is 0. The van der Waals surface area contributed by atoms with E-state index in [0.717, 1.165) is 24.9 Å². The molecule has 0 bridgehead atoms. The van der Waals surface area contributed by atoms with Gasteiger partial charge in [0.25, 0.3) is 0 Å². The van der Waals surface area contributed by atoms with Crippen molar-refractivity contribution in [1.29, 1.82) is 0 Å². The minimum Gasteiger partial charge on any atom is -0.331 e. The van der Waals surface area contributed by atoms with Crippen molar-refractivity contribution in [3.05, 3.63) is 0 Å². The molecule has 86 valence electrons. The number of carbonyl (C=O) groups is 1. The second kappa shape index (κ2) is 3.39. The third kappa shape index (κ3) is 1.97. The van der Waals surface area contributed by atoms with Crippen molar-refractivity contribution in [3.63, 3.8) is 0 Å². The Morgan fingerprint density at radius 3 is 2.07 bits per heavy atom. The van der Waals surface area contributed by atoms with Crippen LogP contribution in [0.25, 0.3) is 0 Å². The zero-order valence-corrected chi connectivity index (χ0v) is 10.3. The largest absolute Gasteiger partial charge is 0.331 e. The van der Waals surface area contributed by atoms with Gasteiger partial charge in [0, 0.05) is 27.2 Å². The van der Waals surface area contributed by atoms with Crippen molar-refractivity contribution >= 4 is 6.03 Å². The summed E-state index contributed by atoms with van der Waals surface area (Å²) in [5.41, 5.74) is 0.503. The van der Waals surface area contributed by atoms with Crippen LogP contribution >= 0.6 is 0 Å². The van der Waals surface area contributed by atoms with Crippen molar-refractivity contribution in [2.24, 2.45) is 17.3 Å². The van der Waals surface area contributed by atoms with Crippen LogP contribution in [0.15, 0.2) is 0 Å². The average molecular weight is 210 g/mol. The van der Waals surface area contributed by atoms with Crippen LogP contribution in [0.3, 0.4) is 0 Å². The molecule has 1 aliphatic carbocycles. The normalized spacial score (nSPS) is 32.9. The van der Waals surface area contributed by atoms with Crippen LogP contribution in [0.1, 0.15) is 26.7 Å². The molecular weight excluding hydrogens is 188 g/mol. The quantitative estimate of drug-likeness (QED) is 0.600. The van der Waals surface area contributed by atoms with E-state index in [9.17, 15) is 4.79 Å². The summed E-state index contributed by atoms with van der Waals surface area (Å²) in [7, 11) is 3.67. The lowest BCUT2D eigenvalue weighted by Crippen LogP contribution is -2.38. The molecule has 0 N–H and O–H groups in total. The molecule has 3 nitrogen and oxygen atoms in total. The molecule has 1 heterocycles. The van der Waals surface area contributed by atoms with E-state index in [-0.39, 0.29) is 6.03 Å². The van der Waals surface area contributed by atoms with E-state index >= 15 is 0 Å². The Bertz CT molecular complexity index is 257. The van der Waals surface area contributed by atoms with E-state index in [2.05, 4.69) is 13.8 Å². The first-order valence-electron chi connectivity index (χ1n) is 5.85. The number of amides is 2. The van der Waals surface area contributed by atoms with Crippen molar-refractivity contribution in [1.82, 2.24) is 9.80 Å². The molecule has 0 unspecified atom stereocenters. The van der Waals surface area contributed by atoms with Gasteiger partial charge in [-0.25, -0.2) is 4.79 Å². The van der Waals surface area contributed by atoms with Crippen LogP contribution in [0.4, 0.5) is 4.79 Å². The van der Waals surface area contributed by atoms with Gasteiger partial charge in [0.05, 0.1) is 0 Å². The number of rotatable bonds is 0. The van der Waals surface area contributed by atoms with Crippen molar-refractivity contribution in [2.75, 3.05) is 27.2 Å². The van der Waals surface area contributed by atoms with Gasteiger partial charge in [-0.1, -0.05) is 13.8 Å². The Morgan fingerprint density at radius 1 is 1.20 bits per heavy atom. The molecule has 2 amide bonds. The van der Waals surface area contributed by atoms with Gasteiger partial charge in [0.1, 0.15) is 0 Å². The summed E-state index contributed by atoms with van der Waals surface area (Å²) in [5, 5.41) is 0. The van der Waals surface area contributed by atoms with Crippen LogP contribution in [-0.2, 0) is 0 Å². The fourth-order valence-electron chi connectivity index (χ4n) is 3.34.